The Morgan fingerprint density at radius 3 is 2.97 bits per heavy atom. The van der Waals surface area contributed by atoms with Crippen molar-refractivity contribution in [1.82, 2.24) is 9.97 Å². The number of non-ortho nitro benzene ring substituents is 1. The SMILES string of the molecule is Cc1nc(NC(=O)C[C@H]2CCCCO2)sc1-c1csc(Nc2cccc([N+](=O)[O-])c2)n1. The Labute approximate surface area is 186 Å². The molecule has 0 aliphatic carbocycles. The van der Waals surface area contributed by atoms with Gasteiger partial charge in [0, 0.05) is 29.8 Å². The molecule has 31 heavy (non-hydrogen) atoms. The summed E-state index contributed by atoms with van der Waals surface area (Å²) in [6.07, 6.45) is 3.38. The molecular weight excluding hydrogens is 438 g/mol. The van der Waals surface area contributed by atoms with Crippen LogP contribution >= 0.6 is 22.7 Å². The van der Waals surface area contributed by atoms with Crippen molar-refractivity contribution in [3.8, 4) is 10.6 Å². The molecule has 1 amide bonds. The molecule has 2 N–H and O–H groups in total. The van der Waals surface area contributed by atoms with Crippen LogP contribution in [-0.2, 0) is 9.53 Å². The van der Waals surface area contributed by atoms with E-state index >= 15 is 0 Å². The largest absolute Gasteiger partial charge is 0.378 e. The predicted octanol–water partition coefficient (Wildman–Crippen LogP) is 5.12. The molecule has 1 aliphatic heterocycles. The maximum Gasteiger partial charge on any atom is 0.271 e. The maximum atomic E-state index is 12.3. The second-order valence-corrected chi connectivity index (χ2v) is 9.00. The number of nitrogens with one attached hydrogen (secondary N) is 2. The Morgan fingerprint density at radius 1 is 1.32 bits per heavy atom. The van der Waals surface area contributed by atoms with Crippen LogP contribution in [0.1, 0.15) is 31.4 Å². The van der Waals surface area contributed by atoms with E-state index < -0.39 is 4.92 Å². The van der Waals surface area contributed by atoms with E-state index in [2.05, 4.69) is 20.6 Å². The predicted molar refractivity (Wildman–Crippen MR) is 121 cm³/mol. The molecule has 1 saturated heterocycles. The number of thiazole rings is 2. The first-order valence-electron chi connectivity index (χ1n) is 9.84. The molecule has 11 heteroatoms. The third kappa shape index (κ3) is 5.43. The van der Waals surface area contributed by atoms with Crippen molar-refractivity contribution in [3.05, 3.63) is 45.5 Å². The normalized spacial score (nSPS) is 16.1. The molecule has 1 fully saturated rings. The number of carbonyl (C=O) groups excluding carboxylic acids is 1. The van der Waals surface area contributed by atoms with E-state index in [4.69, 9.17) is 4.74 Å². The van der Waals surface area contributed by atoms with E-state index in [1.54, 1.807) is 12.1 Å². The minimum atomic E-state index is -0.435. The van der Waals surface area contributed by atoms with Crippen molar-refractivity contribution >= 4 is 50.2 Å². The summed E-state index contributed by atoms with van der Waals surface area (Å²) in [6, 6.07) is 6.27. The zero-order valence-electron chi connectivity index (χ0n) is 16.8. The average Bonchev–Trinajstić information content (AvgIpc) is 3.35. The van der Waals surface area contributed by atoms with Crippen LogP contribution in [0.25, 0.3) is 10.6 Å². The summed E-state index contributed by atoms with van der Waals surface area (Å²) in [6.45, 7) is 2.59. The summed E-state index contributed by atoms with van der Waals surface area (Å²) >= 11 is 2.76. The highest BCUT2D eigenvalue weighted by atomic mass is 32.1. The second kappa shape index (κ2) is 9.50. The van der Waals surface area contributed by atoms with E-state index in [0.29, 0.717) is 22.4 Å². The standard InChI is InChI=1S/C20H21N5O4S2/c1-12-18(31-20(21-12)24-17(26)10-15-7-2-3-8-29-15)16-11-30-19(23-16)22-13-5-4-6-14(9-13)25(27)28/h4-6,9,11,15H,2-3,7-8,10H2,1H3,(H,22,23)(H,21,24,26)/t15-/m1/s1. The van der Waals surface area contributed by atoms with E-state index in [1.807, 2.05) is 12.3 Å². The Balaban J connectivity index is 1.42. The average molecular weight is 460 g/mol. The first kappa shape index (κ1) is 21.3. The van der Waals surface area contributed by atoms with Gasteiger partial charge in [0.15, 0.2) is 10.3 Å². The van der Waals surface area contributed by atoms with E-state index in [1.165, 1.54) is 34.8 Å². The molecule has 162 valence electrons. The van der Waals surface area contributed by atoms with Crippen molar-refractivity contribution < 1.29 is 14.5 Å². The molecule has 1 atom stereocenters. The van der Waals surface area contributed by atoms with Gasteiger partial charge in [-0.1, -0.05) is 17.4 Å². The number of ether oxygens (including phenoxy) is 1. The number of nitro benzene ring substituents is 1. The molecule has 0 unspecified atom stereocenters. The maximum absolute atomic E-state index is 12.3. The van der Waals surface area contributed by atoms with Crippen LogP contribution in [0.4, 0.5) is 21.6 Å². The topological polar surface area (TPSA) is 119 Å². The van der Waals surface area contributed by atoms with E-state index in [0.717, 1.165) is 42.1 Å². The number of hydrogen-bond donors (Lipinski definition) is 2. The zero-order valence-corrected chi connectivity index (χ0v) is 18.4. The first-order chi connectivity index (χ1) is 15.0. The zero-order chi connectivity index (χ0) is 21.8. The molecule has 3 heterocycles. The minimum absolute atomic E-state index is 0.0130. The van der Waals surface area contributed by atoms with Crippen LogP contribution in [0.3, 0.4) is 0 Å². The number of aromatic nitrogens is 2. The Bertz CT molecular complexity index is 1090. The molecule has 9 nitrogen and oxygen atoms in total. The van der Waals surface area contributed by atoms with Gasteiger partial charge < -0.3 is 15.4 Å². The Hall–Kier alpha value is -2.89. The van der Waals surface area contributed by atoms with Crippen molar-refractivity contribution in [2.75, 3.05) is 17.2 Å². The van der Waals surface area contributed by atoms with Gasteiger partial charge in [0.25, 0.3) is 5.69 Å². The van der Waals surface area contributed by atoms with Gasteiger partial charge >= 0.3 is 0 Å². The summed E-state index contributed by atoms with van der Waals surface area (Å²) < 4.78 is 5.63. The van der Waals surface area contributed by atoms with Crippen molar-refractivity contribution in [3.63, 3.8) is 0 Å². The lowest BCUT2D eigenvalue weighted by Crippen LogP contribution is -2.25. The van der Waals surface area contributed by atoms with Gasteiger partial charge in [-0.2, -0.15) is 0 Å². The number of anilines is 3. The highest BCUT2D eigenvalue weighted by Crippen LogP contribution is 2.35. The molecule has 0 saturated carbocycles. The summed E-state index contributed by atoms with van der Waals surface area (Å²) in [4.78, 5) is 32.7. The fourth-order valence-corrected chi connectivity index (χ4v) is 5.03. The van der Waals surface area contributed by atoms with Gasteiger partial charge in [0.2, 0.25) is 5.91 Å². The van der Waals surface area contributed by atoms with Crippen molar-refractivity contribution in [1.29, 1.82) is 0 Å². The van der Waals surface area contributed by atoms with Gasteiger partial charge in [-0.15, -0.1) is 11.3 Å². The number of carbonyl (C=O) groups is 1. The van der Waals surface area contributed by atoms with E-state index in [9.17, 15) is 14.9 Å². The van der Waals surface area contributed by atoms with E-state index in [-0.39, 0.29) is 17.7 Å². The number of rotatable bonds is 7. The van der Waals surface area contributed by atoms with Crippen LogP contribution in [0, 0.1) is 17.0 Å². The molecule has 3 aromatic rings. The van der Waals surface area contributed by atoms with Crippen molar-refractivity contribution in [2.45, 2.75) is 38.7 Å². The fourth-order valence-electron chi connectivity index (χ4n) is 3.29. The van der Waals surface area contributed by atoms with Crippen LogP contribution in [0.2, 0.25) is 0 Å². The molecule has 1 aromatic carbocycles. The lowest BCUT2D eigenvalue weighted by atomic mass is 10.1. The number of nitro groups is 1. The number of hydrogen-bond acceptors (Lipinski definition) is 9. The highest BCUT2D eigenvalue weighted by Gasteiger charge is 2.20. The fraction of sp³-hybridized carbons (Fsp3) is 0.350. The summed E-state index contributed by atoms with van der Waals surface area (Å²) in [5.41, 5.74) is 2.12. The summed E-state index contributed by atoms with van der Waals surface area (Å²) in [5, 5.41) is 20.0. The lowest BCUT2D eigenvalue weighted by molar-refractivity contribution is -0.384. The minimum Gasteiger partial charge on any atom is -0.378 e. The van der Waals surface area contributed by atoms with Crippen LogP contribution in [-0.4, -0.2) is 33.5 Å². The first-order valence-corrected chi connectivity index (χ1v) is 11.5. The number of benzene rings is 1. The van der Waals surface area contributed by atoms with Crippen LogP contribution in [0.5, 0.6) is 0 Å². The quantitative estimate of drug-likeness (QED) is 0.371. The molecule has 0 radical (unpaired) electrons. The molecule has 1 aliphatic rings. The van der Waals surface area contributed by atoms with Gasteiger partial charge in [0.1, 0.15) is 0 Å². The molecule has 2 aromatic heterocycles. The Kier molecular flexibility index (Phi) is 6.54. The summed E-state index contributed by atoms with van der Waals surface area (Å²) in [5.74, 6) is -0.0986. The number of amides is 1. The Morgan fingerprint density at radius 2 is 2.19 bits per heavy atom. The van der Waals surface area contributed by atoms with Gasteiger partial charge in [-0.25, -0.2) is 9.97 Å². The molecular formula is C20H21N5O4S2. The molecule has 0 spiro atoms. The van der Waals surface area contributed by atoms with Gasteiger partial charge in [-0.05, 0) is 32.3 Å². The number of nitrogens with zero attached hydrogens (tertiary/aromatic N) is 3. The van der Waals surface area contributed by atoms with Gasteiger partial charge in [0.05, 0.1) is 33.7 Å². The van der Waals surface area contributed by atoms with Crippen LogP contribution < -0.4 is 10.6 Å². The number of aryl methyl sites for hydroxylation is 1. The van der Waals surface area contributed by atoms with Crippen molar-refractivity contribution in [2.24, 2.45) is 0 Å². The van der Waals surface area contributed by atoms with Crippen LogP contribution in [0.15, 0.2) is 29.6 Å². The summed E-state index contributed by atoms with van der Waals surface area (Å²) in [7, 11) is 0. The highest BCUT2D eigenvalue weighted by molar-refractivity contribution is 7.20. The second-order valence-electron chi connectivity index (χ2n) is 7.14. The lowest BCUT2D eigenvalue weighted by Gasteiger charge is -2.21. The van der Waals surface area contributed by atoms with Gasteiger partial charge in [-0.3, -0.25) is 14.9 Å². The third-order valence-electron chi connectivity index (χ3n) is 4.78. The molecule has 4 rings (SSSR count). The third-order valence-corrected chi connectivity index (χ3v) is 6.63. The smallest absolute Gasteiger partial charge is 0.271 e. The molecule has 0 bridgehead atoms. The monoisotopic (exact) mass is 459 g/mol.